The summed E-state index contributed by atoms with van der Waals surface area (Å²) in [6, 6.07) is 22.7. The summed E-state index contributed by atoms with van der Waals surface area (Å²) in [7, 11) is 0. The molecular formula is C68H32F24N4. The van der Waals surface area contributed by atoms with Crippen molar-refractivity contribution in [3.8, 4) is 62.0 Å². The summed E-state index contributed by atoms with van der Waals surface area (Å²) >= 11 is 0. The Morgan fingerprint density at radius 1 is 0.396 bits per heavy atom. The van der Waals surface area contributed by atoms with Gasteiger partial charge in [0, 0.05) is 51.1 Å². The molecule has 0 amide bonds. The quantitative estimate of drug-likeness (QED) is 0.107. The van der Waals surface area contributed by atoms with Gasteiger partial charge in [0.05, 0.1) is 84.0 Å². The number of alkyl halides is 24. The lowest BCUT2D eigenvalue weighted by Crippen LogP contribution is -2.15. The van der Waals surface area contributed by atoms with E-state index in [9.17, 15) is 111 Å². The van der Waals surface area contributed by atoms with E-state index in [4.69, 9.17) is 0 Å². The Hall–Kier alpha value is -10.5. The highest BCUT2D eigenvalue weighted by Gasteiger charge is 2.42. The first-order valence-corrected chi connectivity index (χ1v) is 27.3. The largest absolute Gasteiger partial charge is 0.416 e. The molecule has 8 aromatic carbocycles. The van der Waals surface area contributed by atoms with Gasteiger partial charge >= 0.3 is 49.4 Å². The van der Waals surface area contributed by atoms with Gasteiger partial charge in [-0.2, -0.15) is 111 Å². The van der Waals surface area contributed by atoms with Crippen LogP contribution in [-0.4, -0.2) is 26.5 Å². The summed E-state index contributed by atoms with van der Waals surface area (Å²) in [5.41, 5.74) is -17.7. The topological polar surface area (TPSA) is 46.5 Å². The lowest BCUT2D eigenvalue weighted by molar-refractivity contribution is -0.144. The van der Waals surface area contributed by atoms with E-state index in [0.717, 1.165) is 66.7 Å². The molecule has 3 heterocycles. The summed E-state index contributed by atoms with van der Waals surface area (Å²) in [5.74, 6) is 0. The Kier molecular flexibility index (Phi) is 16.2. The second-order valence-corrected chi connectivity index (χ2v) is 21.7. The fourth-order valence-electron chi connectivity index (χ4n) is 11.2. The van der Waals surface area contributed by atoms with E-state index in [1.54, 1.807) is 0 Å². The van der Waals surface area contributed by atoms with Crippen LogP contribution in [0.5, 0.6) is 0 Å². The zero-order valence-electron chi connectivity index (χ0n) is 47.4. The number of fused-ring (bicyclic) bond motifs is 6. The molecule has 0 atom stereocenters. The van der Waals surface area contributed by atoms with Crippen LogP contribution in [0.1, 0.15) is 44.5 Å². The summed E-state index contributed by atoms with van der Waals surface area (Å²) in [6.45, 7) is 3.47. The van der Waals surface area contributed by atoms with Gasteiger partial charge in [-0.3, -0.25) is 4.98 Å². The van der Waals surface area contributed by atoms with Crippen molar-refractivity contribution in [2.75, 3.05) is 0 Å². The molecule has 0 spiro atoms. The molecule has 0 saturated carbocycles. The molecule has 0 N–H and O–H groups in total. The van der Waals surface area contributed by atoms with E-state index in [2.05, 4.69) is 11.6 Å². The van der Waals surface area contributed by atoms with Crippen molar-refractivity contribution in [2.24, 2.45) is 0 Å². The van der Waals surface area contributed by atoms with Gasteiger partial charge in [0.2, 0.25) is 0 Å². The highest BCUT2D eigenvalue weighted by atomic mass is 19.4. The first kappa shape index (κ1) is 67.0. The second kappa shape index (κ2) is 23.2. The average molecular weight is 1360 g/mol. The van der Waals surface area contributed by atoms with E-state index in [1.807, 2.05) is 6.07 Å². The third kappa shape index (κ3) is 13.1. The maximum atomic E-state index is 14.4. The Balaban J connectivity index is 1.29. The number of rotatable bonds is 9. The number of benzene rings is 8. The van der Waals surface area contributed by atoms with Gasteiger partial charge in [0.25, 0.3) is 0 Å². The number of nitrogens with zero attached hydrogens (tertiary/aromatic N) is 4. The predicted molar refractivity (Wildman–Crippen MR) is 308 cm³/mol. The molecule has 0 aliphatic rings. The highest BCUT2D eigenvalue weighted by Crippen LogP contribution is 2.48. The smallest absolute Gasteiger partial charge is 0.307 e. The van der Waals surface area contributed by atoms with Gasteiger partial charge in [0.15, 0.2) is 0 Å². The van der Waals surface area contributed by atoms with Gasteiger partial charge < -0.3 is 9.13 Å². The first-order valence-electron chi connectivity index (χ1n) is 27.3. The van der Waals surface area contributed by atoms with Gasteiger partial charge in [-0.05, 0) is 172 Å². The molecule has 0 fully saturated rings. The molecule has 4 nitrogen and oxygen atoms in total. The van der Waals surface area contributed by atoms with Gasteiger partial charge in [-0.25, -0.2) is 0 Å². The third-order valence-corrected chi connectivity index (χ3v) is 15.5. The Labute approximate surface area is 522 Å². The van der Waals surface area contributed by atoms with Crippen molar-refractivity contribution in [1.82, 2.24) is 14.1 Å². The summed E-state index contributed by atoms with van der Waals surface area (Å²) in [5, 5.41) is 10.3. The standard InChI is InChI=1S/C68H32F24N4/c1-2-33(14-49(68(90,91)92)30-61(69,70)71)34-5-9-57-51(21-34)52-22-37(41-19-47(66(84,85)86)28-48(20-41)67(87,88)89)8-12-58(52)96(57)60-29-50(38-4-3-13-94-32-38)42(31-93)25-59(60)95-55-10-6-35(39-15-43(62(72,73)74)26-44(16-39)63(75,76)77)23-53(55)54-24-36(7-11-56(54)95)40-17-45(64(78,79)80)27-46(18-40)65(81,82)83/h2-30,32H,1H2/b33-14+,49-30+. The molecule has 28 heteroatoms. The van der Waals surface area contributed by atoms with Crippen LogP contribution < -0.4 is 0 Å². The fraction of sp³-hybridized carbons (Fsp3) is 0.118. The van der Waals surface area contributed by atoms with E-state index in [0.29, 0.717) is 36.4 Å². The molecule has 3 aromatic heterocycles. The monoisotopic (exact) mass is 1360 g/mol. The van der Waals surface area contributed by atoms with Crippen LogP contribution in [0, 0.1) is 11.3 Å². The SMILES string of the molecule is C=C/C(=C\C(=C/C(F)(F)F)C(F)(F)F)c1ccc2c(c1)c1cc(-c3cc(C(F)(F)F)cc(C(F)(F)F)c3)ccc1n2-c1cc(-c2cccnc2)c(C#N)cc1-n1c2ccc(-c3cc(C(F)(F)F)cc(C(F)(F)F)c3)cc2c2cc(-c3cc(C(F)(F)F)cc(C(F)(F)F)c3)ccc21. The summed E-state index contributed by atoms with van der Waals surface area (Å²) in [4.78, 5) is 4.13. The van der Waals surface area contributed by atoms with Crippen LogP contribution in [0.2, 0.25) is 0 Å². The molecule has 11 aromatic rings. The van der Waals surface area contributed by atoms with Crippen molar-refractivity contribution in [2.45, 2.75) is 49.4 Å². The molecule has 0 unspecified atom stereocenters. The lowest BCUT2D eigenvalue weighted by atomic mass is 9.96. The van der Waals surface area contributed by atoms with Gasteiger partial charge in [0.1, 0.15) is 0 Å². The third-order valence-electron chi connectivity index (χ3n) is 15.5. The minimum absolute atomic E-state index is 0.0321. The van der Waals surface area contributed by atoms with Gasteiger partial charge in [-0.15, -0.1) is 0 Å². The van der Waals surface area contributed by atoms with Crippen LogP contribution in [0.3, 0.4) is 0 Å². The maximum Gasteiger partial charge on any atom is 0.416 e. The summed E-state index contributed by atoms with van der Waals surface area (Å²) in [6.07, 6.45) is -41.1. The predicted octanol–water partition coefficient (Wildman–Crippen LogP) is 23.5. The lowest BCUT2D eigenvalue weighted by Gasteiger charge is -2.20. The van der Waals surface area contributed by atoms with E-state index >= 15 is 0 Å². The normalized spacial score (nSPS) is 13.6. The van der Waals surface area contributed by atoms with Crippen LogP contribution in [0.4, 0.5) is 105 Å². The second-order valence-electron chi connectivity index (χ2n) is 21.7. The maximum absolute atomic E-state index is 14.4. The van der Waals surface area contributed by atoms with Crippen molar-refractivity contribution >= 4 is 49.2 Å². The molecule has 0 bridgehead atoms. The Morgan fingerprint density at radius 3 is 1.06 bits per heavy atom. The minimum Gasteiger partial charge on any atom is -0.307 e. The highest BCUT2D eigenvalue weighted by molar-refractivity contribution is 6.14. The fourth-order valence-corrected chi connectivity index (χ4v) is 11.2. The first-order chi connectivity index (χ1) is 44.5. The molecular weight excluding hydrogens is 1330 g/mol. The Bertz CT molecular complexity index is 4840. The molecule has 0 aliphatic heterocycles. The van der Waals surface area contributed by atoms with E-state index < -0.39 is 117 Å². The number of aromatic nitrogens is 3. The number of nitriles is 1. The summed E-state index contributed by atoms with van der Waals surface area (Å²) < 4.78 is 345. The number of allylic oxidation sites excluding steroid dienone is 5. The van der Waals surface area contributed by atoms with E-state index in [-0.39, 0.29) is 118 Å². The Morgan fingerprint density at radius 2 is 0.750 bits per heavy atom. The minimum atomic E-state index is -5.66. The average Bonchev–Trinajstić information content (AvgIpc) is 1.53. The number of halogens is 24. The zero-order chi connectivity index (χ0) is 69.9. The van der Waals surface area contributed by atoms with Crippen LogP contribution in [-0.2, 0) is 37.1 Å². The molecule has 0 saturated heterocycles. The van der Waals surface area contributed by atoms with Crippen molar-refractivity contribution < 1.29 is 105 Å². The molecule has 96 heavy (non-hydrogen) atoms. The van der Waals surface area contributed by atoms with Crippen molar-refractivity contribution in [1.29, 1.82) is 5.26 Å². The molecule has 0 radical (unpaired) electrons. The van der Waals surface area contributed by atoms with Crippen molar-refractivity contribution in [3.05, 3.63) is 239 Å². The van der Waals surface area contributed by atoms with Crippen LogP contribution in [0.15, 0.2) is 194 Å². The van der Waals surface area contributed by atoms with E-state index in [1.165, 1.54) is 57.9 Å². The molecule has 11 rings (SSSR count). The number of hydrogen-bond donors (Lipinski definition) is 0. The zero-order valence-corrected chi connectivity index (χ0v) is 47.4. The molecule has 492 valence electrons. The number of hydrogen-bond acceptors (Lipinski definition) is 2. The van der Waals surface area contributed by atoms with Crippen molar-refractivity contribution in [3.63, 3.8) is 0 Å². The molecule has 0 aliphatic carbocycles. The number of pyridine rings is 1. The van der Waals surface area contributed by atoms with Gasteiger partial charge in [-0.1, -0.05) is 43.0 Å². The van der Waals surface area contributed by atoms with Crippen LogP contribution >= 0.6 is 0 Å². The van der Waals surface area contributed by atoms with Crippen LogP contribution in [0.25, 0.3) is 105 Å².